The molecule has 2 aromatic rings. The van der Waals surface area contributed by atoms with Crippen LogP contribution < -0.4 is 0 Å². The van der Waals surface area contributed by atoms with Crippen LogP contribution in [-0.2, 0) is 4.79 Å². The van der Waals surface area contributed by atoms with Gasteiger partial charge in [0.15, 0.2) is 0 Å². The molecule has 2 saturated heterocycles. The maximum atomic E-state index is 11.6. The van der Waals surface area contributed by atoms with Crippen molar-refractivity contribution < 1.29 is 4.79 Å². The number of carbonyl (C=O) groups is 1. The van der Waals surface area contributed by atoms with Crippen LogP contribution in [0.5, 0.6) is 0 Å². The molecule has 2 aliphatic rings. The Labute approximate surface area is 143 Å². The number of hydrogen-bond acceptors (Lipinski definition) is 2. The second-order valence-corrected chi connectivity index (χ2v) is 7.27. The summed E-state index contributed by atoms with van der Waals surface area (Å²) in [6, 6.07) is 10.9. The number of hydrogen-bond donors (Lipinski definition) is 1. The van der Waals surface area contributed by atoms with Gasteiger partial charge in [-0.1, -0.05) is 18.2 Å². The topological polar surface area (TPSA) is 39.3 Å². The van der Waals surface area contributed by atoms with Crippen molar-refractivity contribution >= 4 is 16.8 Å². The van der Waals surface area contributed by atoms with Crippen molar-refractivity contribution in [1.82, 2.24) is 14.8 Å². The number of nitrogens with zero attached hydrogens (tertiary/aromatic N) is 2. The van der Waals surface area contributed by atoms with Crippen molar-refractivity contribution in [3.8, 4) is 0 Å². The number of fused-ring (bicyclic) bond motifs is 1. The molecule has 3 heterocycles. The lowest BCUT2D eigenvalue weighted by Crippen LogP contribution is -2.35. The molecule has 0 unspecified atom stereocenters. The van der Waals surface area contributed by atoms with E-state index in [2.05, 4.69) is 40.2 Å². The number of rotatable bonds is 5. The summed E-state index contributed by atoms with van der Waals surface area (Å²) in [7, 11) is 0. The van der Waals surface area contributed by atoms with Crippen LogP contribution in [0.2, 0.25) is 0 Å². The molecule has 1 amide bonds. The van der Waals surface area contributed by atoms with Gasteiger partial charge in [-0.3, -0.25) is 4.79 Å². The van der Waals surface area contributed by atoms with Crippen molar-refractivity contribution in [3.63, 3.8) is 0 Å². The lowest BCUT2D eigenvalue weighted by molar-refractivity contribution is -0.127. The Morgan fingerprint density at radius 2 is 1.92 bits per heavy atom. The minimum atomic E-state index is 0.354. The summed E-state index contributed by atoms with van der Waals surface area (Å²) in [5, 5.41) is 1.32. The predicted molar refractivity (Wildman–Crippen MR) is 97.1 cm³/mol. The minimum absolute atomic E-state index is 0.354. The lowest BCUT2D eigenvalue weighted by atomic mass is 9.93. The molecule has 4 nitrogen and oxygen atoms in total. The van der Waals surface area contributed by atoms with Gasteiger partial charge in [0.25, 0.3) is 0 Å². The van der Waals surface area contributed by atoms with Gasteiger partial charge in [-0.15, -0.1) is 0 Å². The molecule has 0 aliphatic carbocycles. The predicted octanol–water partition coefficient (Wildman–Crippen LogP) is 3.36. The first-order valence-corrected chi connectivity index (χ1v) is 9.37. The second kappa shape index (κ2) is 6.98. The number of likely N-dealkylation sites (tertiary alicyclic amines) is 2. The minimum Gasteiger partial charge on any atom is -0.358 e. The third-order valence-electron chi connectivity index (χ3n) is 5.65. The number of para-hydroxylation sites is 1. The number of amides is 1. The van der Waals surface area contributed by atoms with E-state index in [1.54, 1.807) is 0 Å². The van der Waals surface area contributed by atoms with Crippen molar-refractivity contribution in [2.45, 2.75) is 38.0 Å². The van der Waals surface area contributed by atoms with E-state index >= 15 is 0 Å². The molecule has 2 fully saturated rings. The smallest absolute Gasteiger partial charge is 0.222 e. The van der Waals surface area contributed by atoms with Crippen molar-refractivity contribution in [2.75, 3.05) is 32.7 Å². The molecule has 1 N–H and O–H groups in total. The van der Waals surface area contributed by atoms with Crippen LogP contribution in [0.25, 0.3) is 10.9 Å². The summed E-state index contributed by atoms with van der Waals surface area (Å²) >= 11 is 0. The van der Waals surface area contributed by atoms with E-state index in [-0.39, 0.29) is 0 Å². The molecule has 4 heteroatoms. The third kappa shape index (κ3) is 3.34. The lowest BCUT2D eigenvalue weighted by Gasteiger charge is -2.32. The van der Waals surface area contributed by atoms with E-state index in [9.17, 15) is 4.79 Å². The molecule has 128 valence electrons. The Kier molecular flexibility index (Phi) is 4.56. The maximum Gasteiger partial charge on any atom is 0.222 e. The highest BCUT2D eigenvalue weighted by Crippen LogP contribution is 2.29. The zero-order valence-corrected chi connectivity index (χ0v) is 14.3. The molecule has 0 bridgehead atoms. The van der Waals surface area contributed by atoms with Gasteiger partial charge in [-0.05, 0) is 62.8 Å². The fraction of sp³-hybridized carbons (Fsp3) is 0.550. The summed E-state index contributed by atoms with van der Waals surface area (Å²) in [6.45, 7) is 5.40. The SMILES string of the molecule is O=C1CCCN1CCCN1CCC(c2cc3ccccc3[nH]2)CC1. The van der Waals surface area contributed by atoms with E-state index in [0.29, 0.717) is 11.8 Å². The zero-order valence-electron chi connectivity index (χ0n) is 14.3. The van der Waals surface area contributed by atoms with E-state index in [1.807, 2.05) is 4.90 Å². The van der Waals surface area contributed by atoms with Gasteiger partial charge in [-0.25, -0.2) is 0 Å². The first-order valence-electron chi connectivity index (χ1n) is 9.37. The van der Waals surface area contributed by atoms with Crippen LogP contribution in [0.3, 0.4) is 0 Å². The fourth-order valence-corrected chi connectivity index (χ4v) is 4.21. The van der Waals surface area contributed by atoms with Crippen molar-refractivity contribution in [2.24, 2.45) is 0 Å². The Morgan fingerprint density at radius 1 is 1.08 bits per heavy atom. The number of nitrogens with one attached hydrogen (secondary N) is 1. The van der Waals surface area contributed by atoms with Crippen LogP contribution in [0.4, 0.5) is 0 Å². The monoisotopic (exact) mass is 325 g/mol. The third-order valence-corrected chi connectivity index (χ3v) is 5.65. The van der Waals surface area contributed by atoms with Crippen LogP contribution in [0, 0.1) is 0 Å². The first kappa shape index (κ1) is 15.7. The summed E-state index contributed by atoms with van der Waals surface area (Å²) < 4.78 is 0. The van der Waals surface area contributed by atoms with Crippen LogP contribution in [0.15, 0.2) is 30.3 Å². The Bertz CT molecular complexity index is 667. The van der Waals surface area contributed by atoms with Crippen LogP contribution in [0.1, 0.15) is 43.7 Å². The molecule has 24 heavy (non-hydrogen) atoms. The summed E-state index contributed by atoms with van der Waals surface area (Å²) in [6.07, 6.45) is 5.39. The highest BCUT2D eigenvalue weighted by atomic mass is 16.2. The van der Waals surface area contributed by atoms with Crippen LogP contribution >= 0.6 is 0 Å². The van der Waals surface area contributed by atoms with Gasteiger partial charge in [0.1, 0.15) is 0 Å². The molecule has 4 rings (SSSR count). The van der Waals surface area contributed by atoms with E-state index in [0.717, 1.165) is 38.9 Å². The Balaban J connectivity index is 1.25. The molecular formula is C20H27N3O. The van der Waals surface area contributed by atoms with Gasteiger partial charge >= 0.3 is 0 Å². The van der Waals surface area contributed by atoms with Gasteiger partial charge in [-0.2, -0.15) is 0 Å². The molecule has 1 aromatic carbocycles. The molecule has 0 saturated carbocycles. The summed E-state index contributed by atoms with van der Waals surface area (Å²) in [5.74, 6) is 1.02. The average Bonchev–Trinajstić information content (AvgIpc) is 3.22. The Morgan fingerprint density at radius 3 is 2.67 bits per heavy atom. The number of piperidine rings is 1. The number of aromatic amines is 1. The molecule has 0 spiro atoms. The standard InChI is InChI=1S/C20H27N3O/c24-20-7-3-11-23(20)12-4-10-22-13-8-16(9-14-22)19-15-17-5-1-2-6-18(17)21-19/h1-2,5-6,15-16,21H,3-4,7-14H2. The van der Waals surface area contributed by atoms with Gasteiger partial charge < -0.3 is 14.8 Å². The molecule has 0 radical (unpaired) electrons. The number of aromatic nitrogens is 1. The average molecular weight is 325 g/mol. The van der Waals surface area contributed by atoms with Crippen molar-refractivity contribution in [1.29, 1.82) is 0 Å². The quantitative estimate of drug-likeness (QED) is 0.915. The Hall–Kier alpha value is -1.81. The fourth-order valence-electron chi connectivity index (χ4n) is 4.21. The molecule has 0 atom stereocenters. The highest BCUT2D eigenvalue weighted by Gasteiger charge is 2.23. The van der Waals surface area contributed by atoms with E-state index in [4.69, 9.17) is 0 Å². The first-order chi connectivity index (χ1) is 11.8. The van der Waals surface area contributed by atoms with Crippen LogP contribution in [-0.4, -0.2) is 53.4 Å². The number of H-pyrrole nitrogens is 1. The largest absolute Gasteiger partial charge is 0.358 e. The van der Waals surface area contributed by atoms with Crippen molar-refractivity contribution in [3.05, 3.63) is 36.0 Å². The number of benzene rings is 1. The normalized spacial score (nSPS) is 20.3. The molecule has 1 aromatic heterocycles. The molecular weight excluding hydrogens is 298 g/mol. The maximum absolute atomic E-state index is 11.6. The summed E-state index contributed by atoms with van der Waals surface area (Å²) in [4.78, 5) is 19.8. The highest BCUT2D eigenvalue weighted by molar-refractivity contribution is 5.80. The number of carbonyl (C=O) groups excluding carboxylic acids is 1. The zero-order chi connectivity index (χ0) is 16.4. The van der Waals surface area contributed by atoms with E-state index < -0.39 is 0 Å². The van der Waals surface area contributed by atoms with Gasteiger partial charge in [0.05, 0.1) is 0 Å². The van der Waals surface area contributed by atoms with Gasteiger partial charge in [0, 0.05) is 36.6 Å². The van der Waals surface area contributed by atoms with Gasteiger partial charge in [0.2, 0.25) is 5.91 Å². The summed E-state index contributed by atoms with van der Waals surface area (Å²) in [5.41, 5.74) is 2.66. The second-order valence-electron chi connectivity index (χ2n) is 7.27. The molecule has 2 aliphatic heterocycles. The van der Waals surface area contributed by atoms with E-state index in [1.165, 1.54) is 42.5 Å².